The highest BCUT2D eigenvalue weighted by Gasteiger charge is 2.52. The lowest BCUT2D eigenvalue weighted by Gasteiger charge is -2.44. The topological polar surface area (TPSA) is 3.24 Å². The van der Waals surface area contributed by atoms with Gasteiger partial charge in [0.15, 0.2) is 0 Å². The van der Waals surface area contributed by atoms with Gasteiger partial charge in [-0.2, -0.15) is 0 Å². The van der Waals surface area contributed by atoms with Crippen LogP contribution in [0.3, 0.4) is 0 Å². The van der Waals surface area contributed by atoms with Gasteiger partial charge in [-0.3, -0.25) is 0 Å². The minimum absolute atomic E-state index is 0.00904. The monoisotopic (exact) mass is 793 g/mol. The predicted molar refractivity (Wildman–Crippen MR) is 258 cm³/mol. The van der Waals surface area contributed by atoms with Crippen molar-refractivity contribution >= 4 is 17.1 Å². The summed E-state index contributed by atoms with van der Waals surface area (Å²) in [4.78, 5) is 2.65. The van der Waals surface area contributed by atoms with Crippen molar-refractivity contribution in [2.24, 2.45) is 0 Å². The predicted octanol–water partition coefficient (Wildman–Crippen LogP) is 16.2. The molecule has 0 aromatic heterocycles. The van der Waals surface area contributed by atoms with E-state index in [0.29, 0.717) is 0 Å². The van der Waals surface area contributed by atoms with Gasteiger partial charge in [0.25, 0.3) is 0 Å². The molecule has 0 saturated heterocycles. The summed E-state index contributed by atoms with van der Waals surface area (Å²) in [6.07, 6.45) is 4.70. The van der Waals surface area contributed by atoms with Crippen molar-refractivity contribution in [3.8, 4) is 33.4 Å². The Kier molecular flexibility index (Phi) is 8.11. The van der Waals surface area contributed by atoms with E-state index >= 15 is 0 Å². The number of benzene rings is 7. The molecule has 0 saturated carbocycles. The third kappa shape index (κ3) is 5.32. The summed E-state index contributed by atoms with van der Waals surface area (Å²) in [6.45, 7) is 22.1. The van der Waals surface area contributed by atoms with E-state index in [0.717, 1.165) is 6.42 Å². The van der Waals surface area contributed by atoms with Crippen LogP contribution in [0.1, 0.15) is 131 Å². The average Bonchev–Trinajstić information content (AvgIpc) is 3.71. The first-order chi connectivity index (χ1) is 29.1. The molecule has 0 N–H and O–H groups in total. The second-order valence-electron chi connectivity index (χ2n) is 21.4. The molecule has 4 aliphatic carbocycles. The van der Waals surface area contributed by atoms with Crippen molar-refractivity contribution in [1.82, 2.24) is 0 Å². The number of nitrogens with zero attached hydrogens (tertiary/aromatic N) is 1. The normalized spacial score (nSPS) is 18.6. The Morgan fingerprint density at radius 3 is 1.38 bits per heavy atom. The average molecular weight is 794 g/mol. The van der Waals surface area contributed by atoms with E-state index in [4.69, 9.17) is 0 Å². The molecule has 0 aliphatic heterocycles. The molecule has 0 unspecified atom stereocenters. The maximum absolute atomic E-state index is 2.65. The summed E-state index contributed by atoms with van der Waals surface area (Å²) < 4.78 is 0. The van der Waals surface area contributed by atoms with Gasteiger partial charge >= 0.3 is 0 Å². The molecule has 0 radical (unpaired) electrons. The Hall–Kier alpha value is -5.66. The Balaban J connectivity index is 1.31. The minimum atomic E-state index is -0.455. The third-order valence-corrected chi connectivity index (χ3v) is 15.9. The maximum atomic E-state index is 2.65. The number of para-hydroxylation sites is 1. The molecule has 4 aliphatic rings. The fourth-order valence-corrected chi connectivity index (χ4v) is 12.4. The molecule has 304 valence electrons. The Labute approximate surface area is 364 Å². The van der Waals surface area contributed by atoms with E-state index in [1.54, 1.807) is 0 Å². The van der Waals surface area contributed by atoms with Crippen LogP contribution in [0.2, 0.25) is 0 Å². The largest absolute Gasteiger partial charge is 0.310 e. The Bertz CT molecular complexity index is 2890. The van der Waals surface area contributed by atoms with Crippen molar-refractivity contribution in [1.29, 1.82) is 0 Å². The standard InChI is InChI=1S/C60H59N/c1-38-34-51-52(58(6,7)31-30-57(51,4)5)37-53(38)61(39-20-11-10-12-21-39)54-36-50-44(35-45(54)43-25-19-29-49-55(43)59(8,9)33-32-56(49,2)3)42-24-15-18-28-48(42)60(50)46-26-16-13-22-40(46)41-23-14-17-27-47(41)60/h10-29,34-37H,30-33H2,1-9H3. The van der Waals surface area contributed by atoms with E-state index in [2.05, 4.69) is 213 Å². The van der Waals surface area contributed by atoms with Crippen molar-refractivity contribution in [3.05, 3.63) is 196 Å². The van der Waals surface area contributed by atoms with Crippen LogP contribution in [-0.2, 0) is 27.1 Å². The second-order valence-corrected chi connectivity index (χ2v) is 21.4. The summed E-state index contributed by atoms with van der Waals surface area (Å²) in [6, 6.07) is 56.6. The van der Waals surface area contributed by atoms with Gasteiger partial charge in [0.1, 0.15) is 0 Å². The van der Waals surface area contributed by atoms with Crippen LogP contribution < -0.4 is 4.90 Å². The number of hydrogen-bond donors (Lipinski definition) is 0. The zero-order chi connectivity index (χ0) is 42.3. The SMILES string of the molecule is Cc1cc2c(cc1N(c1ccccc1)c1cc3c(cc1-c1cccc4c1C(C)(C)CCC4(C)C)-c1ccccc1C31c3ccccc3-c3ccccc31)C(C)(C)CCC2(C)C. The molecule has 1 heteroatoms. The number of hydrogen-bond acceptors (Lipinski definition) is 1. The first kappa shape index (κ1) is 38.3. The van der Waals surface area contributed by atoms with Gasteiger partial charge in [-0.15, -0.1) is 0 Å². The molecule has 0 heterocycles. The third-order valence-electron chi connectivity index (χ3n) is 15.9. The van der Waals surface area contributed by atoms with Crippen LogP contribution in [0.25, 0.3) is 33.4 Å². The van der Waals surface area contributed by atoms with Crippen LogP contribution >= 0.6 is 0 Å². The number of aryl methyl sites for hydroxylation is 1. The highest BCUT2D eigenvalue weighted by atomic mass is 15.1. The minimum Gasteiger partial charge on any atom is -0.310 e. The summed E-state index contributed by atoms with van der Waals surface area (Å²) in [5.41, 5.74) is 24.3. The van der Waals surface area contributed by atoms with E-state index in [9.17, 15) is 0 Å². The molecule has 7 aromatic rings. The van der Waals surface area contributed by atoms with E-state index in [-0.39, 0.29) is 21.7 Å². The van der Waals surface area contributed by atoms with Gasteiger partial charge in [-0.05, 0) is 162 Å². The van der Waals surface area contributed by atoms with Gasteiger partial charge in [0, 0.05) is 16.9 Å². The van der Waals surface area contributed by atoms with Crippen molar-refractivity contribution in [3.63, 3.8) is 0 Å². The van der Waals surface area contributed by atoms with Gasteiger partial charge in [0.2, 0.25) is 0 Å². The number of fused-ring (bicyclic) bond motifs is 12. The van der Waals surface area contributed by atoms with Crippen LogP contribution in [0.5, 0.6) is 0 Å². The van der Waals surface area contributed by atoms with Gasteiger partial charge in [-0.25, -0.2) is 0 Å². The zero-order valence-electron chi connectivity index (χ0n) is 37.6. The zero-order valence-corrected chi connectivity index (χ0v) is 37.6. The van der Waals surface area contributed by atoms with E-state index in [1.165, 1.54) is 120 Å². The second kappa shape index (κ2) is 12.9. The Morgan fingerprint density at radius 2 is 0.787 bits per heavy atom. The van der Waals surface area contributed by atoms with Crippen molar-refractivity contribution in [2.45, 2.75) is 115 Å². The summed E-state index contributed by atoms with van der Waals surface area (Å²) >= 11 is 0. The first-order valence-electron chi connectivity index (χ1n) is 22.8. The molecular weight excluding hydrogens is 735 g/mol. The molecule has 0 atom stereocenters. The summed E-state index contributed by atoms with van der Waals surface area (Å²) in [7, 11) is 0. The molecule has 11 rings (SSSR count). The molecule has 1 spiro atoms. The summed E-state index contributed by atoms with van der Waals surface area (Å²) in [5.74, 6) is 0. The lowest BCUT2D eigenvalue weighted by Crippen LogP contribution is -2.34. The molecule has 0 bridgehead atoms. The van der Waals surface area contributed by atoms with E-state index in [1.807, 2.05) is 0 Å². The molecular formula is C60H59N. The molecule has 7 aromatic carbocycles. The van der Waals surface area contributed by atoms with Crippen LogP contribution in [-0.4, -0.2) is 0 Å². The summed E-state index contributed by atoms with van der Waals surface area (Å²) in [5, 5.41) is 0. The van der Waals surface area contributed by atoms with Crippen LogP contribution in [0.4, 0.5) is 17.1 Å². The van der Waals surface area contributed by atoms with E-state index < -0.39 is 5.41 Å². The van der Waals surface area contributed by atoms with Gasteiger partial charge in [-0.1, -0.05) is 171 Å². The van der Waals surface area contributed by atoms with Crippen LogP contribution in [0.15, 0.2) is 146 Å². The fraction of sp³-hybridized carbons (Fsp3) is 0.300. The van der Waals surface area contributed by atoms with Crippen molar-refractivity contribution < 1.29 is 0 Å². The molecule has 0 fully saturated rings. The Morgan fingerprint density at radius 1 is 0.344 bits per heavy atom. The quantitative estimate of drug-likeness (QED) is 0.172. The van der Waals surface area contributed by atoms with Crippen LogP contribution in [0, 0.1) is 6.92 Å². The lowest BCUT2D eigenvalue weighted by molar-refractivity contribution is 0.332. The first-order valence-corrected chi connectivity index (χ1v) is 22.8. The number of anilines is 3. The highest BCUT2D eigenvalue weighted by Crippen LogP contribution is 2.65. The maximum Gasteiger partial charge on any atom is 0.0726 e. The van der Waals surface area contributed by atoms with Gasteiger partial charge < -0.3 is 4.90 Å². The molecule has 1 nitrogen and oxygen atoms in total. The highest BCUT2D eigenvalue weighted by molar-refractivity contribution is 6.01. The lowest BCUT2D eigenvalue weighted by atomic mass is 9.61. The molecule has 61 heavy (non-hydrogen) atoms. The van der Waals surface area contributed by atoms with Gasteiger partial charge in [0.05, 0.1) is 11.1 Å². The smallest absolute Gasteiger partial charge is 0.0726 e. The number of rotatable bonds is 4. The van der Waals surface area contributed by atoms with Crippen molar-refractivity contribution in [2.75, 3.05) is 4.90 Å². The molecule has 0 amide bonds. The fourth-order valence-electron chi connectivity index (χ4n) is 12.4.